The molecule has 0 aliphatic rings. The van der Waals surface area contributed by atoms with Gasteiger partial charge in [-0.3, -0.25) is 4.79 Å². The molecular formula is C11H6F2O5. The molecule has 0 bridgehead atoms. The Balaban J connectivity index is 2.60. The normalized spacial score (nSPS) is 10.8. The van der Waals surface area contributed by atoms with Crippen LogP contribution < -0.4 is 10.2 Å². The van der Waals surface area contributed by atoms with E-state index in [9.17, 15) is 18.4 Å². The Bertz CT molecular complexity index is 662. The number of carboxylic acids is 1. The maximum Gasteiger partial charge on any atom is 0.387 e. The maximum absolute atomic E-state index is 12.0. The van der Waals surface area contributed by atoms with Crippen molar-refractivity contribution in [3.8, 4) is 5.75 Å². The molecule has 94 valence electrons. The van der Waals surface area contributed by atoms with Crippen LogP contribution in [0.3, 0.4) is 0 Å². The molecule has 0 saturated carbocycles. The van der Waals surface area contributed by atoms with Gasteiger partial charge in [0.1, 0.15) is 11.3 Å². The summed E-state index contributed by atoms with van der Waals surface area (Å²) in [5.74, 6) is -2.21. The van der Waals surface area contributed by atoms with Crippen LogP contribution in [-0.4, -0.2) is 17.7 Å². The van der Waals surface area contributed by atoms with Crippen molar-refractivity contribution in [1.82, 2.24) is 0 Å². The molecule has 1 aromatic carbocycles. The zero-order chi connectivity index (χ0) is 13.3. The number of fused-ring (bicyclic) bond motifs is 1. The maximum atomic E-state index is 12.0. The second kappa shape index (κ2) is 4.44. The molecule has 0 aliphatic carbocycles. The minimum absolute atomic E-state index is 0.0848. The lowest BCUT2D eigenvalue weighted by Crippen LogP contribution is -2.07. The Labute approximate surface area is 98.2 Å². The van der Waals surface area contributed by atoms with Crippen LogP contribution in [0.1, 0.15) is 10.6 Å². The molecular weight excluding hydrogens is 250 g/mol. The third-order valence-corrected chi connectivity index (χ3v) is 2.14. The van der Waals surface area contributed by atoms with E-state index in [1.54, 1.807) is 0 Å². The van der Waals surface area contributed by atoms with E-state index < -0.39 is 23.8 Å². The summed E-state index contributed by atoms with van der Waals surface area (Å²) in [4.78, 5) is 22.2. The van der Waals surface area contributed by atoms with E-state index >= 15 is 0 Å². The van der Waals surface area contributed by atoms with Gasteiger partial charge in [-0.25, -0.2) is 4.79 Å². The number of rotatable bonds is 3. The number of hydrogen-bond acceptors (Lipinski definition) is 4. The fourth-order valence-corrected chi connectivity index (χ4v) is 1.42. The molecule has 0 aliphatic heterocycles. The van der Waals surface area contributed by atoms with Crippen molar-refractivity contribution in [1.29, 1.82) is 0 Å². The Morgan fingerprint density at radius 2 is 2.06 bits per heavy atom. The van der Waals surface area contributed by atoms with E-state index in [-0.39, 0.29) is 16.7 Å². The number of aromatic carboxylic acids is 1. The summed E-state index contributed by atoms with van der Waals surface area (Å²) in [6.07, 6.45) is 0. The SMILES string of the molecule is O=C(O)c1cc(=O)c2ccc(OC(F)F)cc2o1. The average Bonchev–Trinajstić information content (AvgIpc) is 2.27. The van der Waals surface area contributed by atoms with E-state index in [1.807, 2.05) is 0 Å². The molecule has 0 amide bonds. The minimum atomic E-state index is -3.02. The minimum Gasteiger partial charge on any atom is -0.475 e. The molecule has 5 nitrogen and oxygen atoms in total. The van der Waals surface area contributed by atoms with E-state index in [2.05, 4.69) is 4.74 Å². The van der Waals surface area contributed by atoms with E-state index in [1.165, 1.54) is 12.1 Å². The summed E-state index contributed by atoms with van der Waals surface area (Å²) in [6, 6.07) is 4.25. The Hall–Kier alpha value is -2.44. The molecule has 0 unspecified atom stereocenters. The molecule has 0 spiro atoms. The van der Waals surface area contributed by atoms with Crippen molar-refractivity contribution >= 4 is 16.9 Å². The highest BCUT2D eigenvalue weighted by Crippen LogP contribution is 2.21. The zero-order valence-corrected chi connectivity index (χ0v) is 8.72. The highest BCUT2D eigenvalue weighted by molar-refractivity contribution is 5.87. The molecule has 18 heavy (non-hydrogen) atoms. The first-order chi connectivity index (χ1) is 8.47. The van der Waals surface area contributed by atoms with Crippen LogP contribution in [0.4, 0.5) is 8.78 Å². The number of hydrogen-bond donors (Lipinski definition) is 1. The number of halogens is 2. The molecule has 2 rings (SSSR count). The first-order valence-corrected chi connectivity index (χ1v) is 4.73. The third-order valence-electron chi connectivity index (χ3n) is 2.14. The largest absolute Gasteiger partial charge is 0.475 e. The standard InChI is InChI=1S/C11H6F2O5/c12-11(13)17-5-1-2-6-7(14)4-9(10(15)16)18-8(6)3-5/h1-4,11H,(H,15,16). The van der Waals surface area contributed by atoms with Gasteiger partial charge in [0.15, 0.2) is 5.43 Å². The van der Waals surface area contributed by atoms with Gasteiger partial charge in [-0.05, 0) is 12.1 Å². The van der Waals surface area contributed by atoms with Crippen molar-refractivity contribution in [2.45, 2.75) is 6.61 Å². The first kappa shape index (κ1) is 12.0. The van der Waals surface area contributed by atoms with E-state index in [4.69, 9.17) is 9.52 Å². The van der Waals surface area contributed by atoms with Crippen molar-refractivity contribution in [3.63, 3.8) is 0 Å². The van der Waals surface area contributed by atoms with Gasteiger partial charge in [0, 0.05) is 12.1 Å². The van der Waals surface area contributed by atoms with Gasteiger partial charge in [-0.2, -0.15) is 8.78 Å². The highest BCUT2D eigenvalue weighted by Gasteiger charge is 2.12. The van der Waals surface area contributed by atoms with Gasteiger partial charge in [-0.15, -0.1) is 0 Å². The predicted molar refractivity (Wildman–Crippen MR) is 56.1 cm³/mol. The first-order valence-electron chi connectivity index (χ1n) is 4.73. The van der Waals surface area contributed by atoms with E-state index in [0.29, 0.717) is 0 Å². The van der Waals surface area contributed by atoms with Crippen molar-refractivity contribution in [3.05, 3.63) is 40.2 Å². The lowest BCUT2D eigenvalue weighted by Gasteiger charge is -2.05. The fourth-order valence-electron chi connectivity index (χ4n) is 1.42. The summed E-state index contributed by atoms with van der Waals surface area (Å²) in [5, 5.41) is 8.78. The van der Waals surface area contributed by atoms with Crippen LogP contribution in [0.25, 0.3) is 11.0 Å². The lowest BCUT2D eigenvalue weighted by molar-refractivity contribution is -0.0498. The van der Waals surface area contributed by atoms with Crippen LogP contribution in [0.15, 0.2) is 33.5 Å². The van der Waals surface area contributed by atoms with Gasteiger partial charge in [0.25, 0.3) is 0 Å². The molecule has 1 N–H and O–H groups in total. The molecule has 2 aromatic rings. The Morgan fingerprint density at radius 3 is 2.67 bits per heavy atom. The van der Waals surface area contributed by atoms with Crippen LogP contribution >= 0.6 is 0 Å². The van der Waals surface area contributed by atoms with E-state index in [0.717, 1.165) is 12.1 Å². The molecule has 1 aromatic heterocycles. The quantitative estimate of drug-likeness (QED) is 0.909. The van der Waals surface area contributed by atoms with Crippen LogP contribution in [0.2, 0.25) is 0 Å². The monoisotopic (exact) mass is 256 g/mol. The predicted octanol–water partition coefficient (Wildman–Crippen LogP) is 2.09. The van der Waals surface area contributed by atoms with Crippen molar-refractivity contribution in [2.24, 2.45) is 0 Å². The van der Waals surface area contributed by atoms with Crippen LogP contribution in [0, 0.1) is 0 Å². The summed E-state index contributed by atoms with van der Waals surface area (Å²) in [5.41, 5.74) is -0.699. The zero-order valence-electron chi connectivity index (χ0n) is 8.72. The Kier molecular flexibility index (Phi) is 2.97. The number of carbonyl (C=O) groups is 1. The van der Waals surface area contributed by atoms with Gasteiger partial charge in [0.2, 0.25) is 5.76 Å². The smallest absolute Gasteiger partial charge is 0.387 e. The number of alkyl halides is 2. The molecule has 0 saturated heterocycles. The summed E-state index contributed by atoms with van der Waals surface area (Å²) in [7, 11) is 0. The van der Waals surface area contributed by atoms with Crippen LogP contribution in [-0.2, 0) is 0 Å². The average molecular weight is 256 g/mol. The summed E-state index contributed by atoms with van der Waals surface area (Å²) < 4.78 is 33.0. The molecule has 0 atom stereocenters. The van der Waals surface area contributed by atoms with Gasteiger partial charge >= 0.3 is 12.6 Å². The third kappa shape index (κ3) is 2.29. The number of benzene rings is 1. The second-order valence-corrected chi connectivity index (χ2v) is 3.32. The molecule has 0 radical (unpaired) electrons. The molecule has 0 fully saturated rings. The number of ether oxygens (including phenoxy) is 1. The lowest BCUT2D eigenvalue weighted by atomic mass is 10.2. The molecule has 7 heteroatoms. The van der Waals surface area contributed by atoms with Crippen molar-refractivity contribution in [2.75, 3.05) is 0 Å². The van der Waals surface area contributed by atoms with Gasteiger partial charge in [-0.1, -0.05) is 0 Å². The summed E-state index contributed by atoms with van der Waals surface area (Å²) >= 11 is 0. The Morgan fingerprint density at radius 1 is 1.33 bits per heavy atom. The molecule has 1 heterocycles. The van der Waals surface area contributed by atoms with Crippen molar-refractivity contribution < 1.29 is 27.8 Å². The highest BCUT2D eigenvalue weighted by atomic mass is 19.3. The summed E-state index contributed by atoms with van der Waals surface area (Å²) in [6.45, 7) is -3.02. The second-order valence-electron chi connectivity index (χ2n) is 3.32. The fraction of sp³-hybridized carbons (Fsp3) is 0.0909. The van der Waals surface area contributed by atoms with Gasteiger partial charge in [0.05, 0.1) is 5.39 Å². The topological polar surface area (TPSA) is 76.7 Å². The number of carboxylic acid groups (broad SMARTS) is 1. The van der Waals surface area contributed by atoms with Gasteiger partial charge < -0.3 is 14.3 Å². The van der Waals surface area contributed by atoms with Crippen LogP contribution in [0.5, 0.6) is 5.75 Å².